The Bertz CT molecular complexity index is 563. The molecule has 4 nitrogen and oxygen atoms in total. The summed E-state index contributed by atoms with van der Waals surface area (Å²) in [6.07, 6.45) is 0. The Hall–Kier alpha value is -2.01. The van der Waals surface area contributed by atoms with Gasteiger partial charge in [-0.1, -0.05) is 0 Å². The van der Waals surface area contributed by atoms with Crippen molar-refractivity contribution in [1.29, 1.82) is 0 Å². The van der Waals surface area contributed by atoms with Crippen LogP contribution in [0.3, 0.4) is 0 Å². The summed E-state index contributed by atoms with van der Waals surface area (Å²) in [6, 6.07) is 4.45. The van der Waals surface area contributed by atoms with Gasteiger partial charge < -0.3 is 16.2 Å². The first-order valence-electron chi connectivity index (χ1n) is 5.00. The molecule has 5 heteroatoms. The molecule has 88 valence electrons. The fourth-order valence-corrected chi connectivity index (χ4v) is 2.27. The van der Waals surface area contributed by atoms with Crippen LogP contribution in [0.4, 0.5) is 11.4 Å². The van der Waals surface area contributed by atoms with Crippen molar-refractivity contribution in [1.82, 2.24) is 0 Å². The molecule has 0 saturated heterocycles. The van der Waals surface area contributed by atoms with Crippen LogP contribution in [0.25, 0.3) is 0 Å². The maximum absolute atomic E-state index is 11.9. The highest BCUT2D eigenvalue weighted by Gasteiger charge is 2.11. The largest absolute Gasteiger partial charge is 0.508 e. The number of nitrogen functional groups attached to an aromatic ring is 1. The van der Waals surface area contributed by atoms with E-state index in [1.807, 2.05) is 12.3 Å². The van der Waals surface area contributed by atoms with E-state index >= 15 is 0 Å². The highest BCUT2D eigenvalue weighted by molar-refractivity contribution is 7.08. The number of benzene rings is 1. The molecule has 2 aromatic rings. The average molecular weight is 248 g/mol. The number of aromatic hydroxyl groups is 1. The van der Waals surface area contributed by atoms with E-state index in [9.17, 15) is 9.90 Å². The predicted octanol–water partition coefficient (Wildman–Crippen LogP) is 2.60. The first kappa shape index (κ1) is 11.5. The highest BCUT2D eigenvalue weighted by Crippen LogP contribution is 2.24. The molecule has 1 aromatic carbocycles. The van der Waals surface area contributed by atoms with Crippen molar-refractivity contribution >= 4 is 28.6 Å². The van der Waals surface area contributed by atoms with E-state index in [1.54, 1.807) is 11.4 Å². The number of carbonyl (C=O) groups is 1. The number of nitrogens with two attached hydrogens (primary N) is 1. The number of hydrogen-bond donors (Lipinski definition) is 3. The van der Waals surface area contributed by atoms with Crippen molar-refractivity contribution < 1.29 is 9.90 Å². The summed E-state index contributed by atoms with van der Waals surface area (Å²) < 4.78 is 0. The van der Waals surface area contributed by atoms with Crippen LogP contribution in [-0.2, 0) is 0 Å². The smallest absolute Gasteiger partial charge is 0.256 e. The van der Waals surface area contributed by atoms with Crippen molar-refractivity contribution in [3.05, 3.63) is 40.1 Å². The zero-order valence-corrected chi connectivity index (χ0v) is 10.0. The third kappa shape index (κ3) is 2.39. The molecule has 1 aromatic heterocycles. The Morgan fingerprint density at radius 2 is 2.18 bits per heavy atom. The van der Waals surface area contributed by atoms with Gasteiger partial charge in [0.15, 0.2) is 0 Å². The van der Waals surface area contributed by atoms with E-state index in [0.717, 1.165) is 5.56 Å². The Balaban J connectivity index is 2.22. The topological polar surface area (TPSA) is 75.3 Å². The van der Waals surface area contributed by atoms with Gasteiger partial charge >= 0.3 is 0 Å². The van der Waals surface area contributed by atoms with E-state index in [1.165, 1.54) is 23.5 Å². The Labute approximate surface area is 103 Å². The fraction of sp³-hybridized carbons (Fsp3) is 0.0833. The van der Waals surface area contributed by atoms with Gasteiger partial charge in [0.25, 0.3) is 5.91 Å². The van der Waals surface area contributed by atoms with Crippen molar-refractivity contribution in [2.45, 2.75) is 6.92 Å². The normalized spacial score (nSPS) is 10.2. The van der Waals surface area contributed by atoms with E-state index in [4.69, 9.17) is 5.73 Å². The molecular formula is C12H12N2O2S. The second kappa shape index (κ2) is 4.47. The second-order valence-electron chi connectivity index (χ2n) is 3.69. The lowest BCUT2D eigenvalue weighted by molar-refractivity contribution is 0.102. The molecule has 2 rings (SSSR count). The maximum Gasteiger partial charge on any atom is 0.256 e. The van der Waals surface area contributed by atoms with E-state index < -0.39 is 0 Å². The number of aryl methyl sites for hydroxylation is 1. The van der Waals surface area contributed by atoms with Crippen molar-refractivity contribution in [3.63, 3.8) is 0 Å². The molecule has 1 heterocycles. The summed E-state index contributed by atoms with van der Waals surface area (Å²) in [5, 5.41) is 15.6. The number of hydrogen-bond acceptors (Lipinski definition) is 4. The standard InChI is InChI=1S/C12H12N2O2S/c1-7-5-17-6-9(7)12(16)14-11-3-2-8(15)4-10(11)13/h2-6,15H,13H2,1H3,(H,14,16). The third-order valence-electron chi connectivity index (χ3n) is 2.38. The zero-order valence-electron chi connectivity index (χ0n) is 9.23. The number of thiophene rings is 1. The number of phenols is 1. The first-order chi connectivity index (χ1) is 8.08. The van der Waals surface area contributed by atoms with Gasteiger partial charge in [-0.2, -0.15) is 11.3 Å². The van der Waals surface area contributed by atoms with Crippen LogP contribution in [0.15, 0.2) is 29.0 Å². The van der Waals surface area contributed by atoms with Crippen LogP contribution in [0.1, 0.15) is 15.9 Å². The van der Waals surface area contributed by atoms with Crippen LogP contribution in [-0.4, -0.2) is 11.0 Å². The quantitative estimate of drug-likeness (QED) is 0.565. The fourth-order valence-electron chi connectivity index (χ4n) is 1.45. The van der Waals surface area contributed by atoms with Crippen LogP contribution in [0.5, 0.6) is 5.75 Å². The summed E-state index contributed by atoms with van der Waals surface area (Å²) in [4.78, 5) is 11.9. The summed E-state index contributed by atoms with van der Waals surface area (Å²) in [6.45, 7) is 1.88. The minimum absolute atomic E-state index is 0.0761. The van der Waals surface area contributed by atoms with Gasteiger partial charge in [0.05, 0.1) is 16.9 Å². The molecule has 0 aliphatic heterocycles. The third-order valence-corrected chi connectivity index (χ3v) is 3.24. The number of rotatable bonds is 2. The van der Waals surface area contributed by atoms with Crippen LogP contribution >= 0.6 is 11.3 Å². The Morgan fingerprint density at radius 3 is 2.76 bits per heavy atom. The number of nitrogens with one attached hydrogen (secondary N) is 1. The van der Waals surface area contributed by atoms with Gasteiger partial charge in [0.1, 0.15) is 5.75 Å². The lowest BCUT2D eigenvalue weighted by atomic mass is 10.2. The number of anilines is 2. The molecule has 0 unspecified atom stereocenters. The SMILES string of the molecule is Cc1cscc1C(=O)Nc1ccc(O)cc1N. The van der Waals surface area contributed by atoms with Crippen molar-refractivity contribution in [2.24, 2.45) is 0 Å². The van der Waals surface area contributed by atoms with Crippen LogP contribution in [0.2, 0.25) is 0 Å². The molecule has 0 aliphatic carbocycles. The van der Waals surface area contributed by atoms with Crippen molar-refractivity contribution in [3.8, 4) is 5.75 Å². The maximum atomic E-state index is 11.9. The van der Waals surface area contributed by atoms with Crippen LogP contribution in [0, 0.1) is 6.92 Å². The first-order valence-corrected chi connectivity index (χ1v) is 5.95. The average Bonchev–Trinajstić information content (AvgIpc) is 2.68. The molecule has 1 amide bonds. The molecular weight excluding hydrogens is 236 g/mol. The lowest BCUT2D eigenvalue weighted by Gasteiger charge is -2.08. The number of carbonyl (C=O) groups excluding carboxylic acids is 1. The number of phenolic OH excluding ortho intramolecular Hbond substituents is 1. The van der Waals surface area contributed by atoms with Gasteiger partial charge in [0.2, 0.25) is 0 Å². The Morgan fingerprint density at radius 1 is 1.41 bits per heavy atom. The predicted molar refractivity (Wildman–Crippen MR) is 69.5 cm³/mol. The summed E-state index contributed by atoms with van der Waals surface area (Å²) in [7, 11) is 0. The number of amides is 1. The lowest BCUT2D eigenvalue weighted by Crippen LogP contribution is -2.13. The second-order valence-corrected chi connectivity index (χ2v) is 4.44. The monoisotopic (exact) mass is 248 g/mol. The molecule has 0 aliphatic rings. The zero-order chi connectivity index (χ0) is 12.4. The molecule has 0 bridgehead atoms. The van der Waals surface area contributed by atoms with Gasteiger partial charge in [0, 0.05) is 11.4 Å². The highest BCUT2D eigenvalue weighted by atomic mass is 32.1. The Kier molecular flexibility index (Phi) is 3.01. The van der Waals surface area contributed by atoms with E-state index in [2.05, 4.69) is 5.32 Å². The van der Waals surface area contributed by atoms with E-state index in [-0.39, 0.29) is 11.7 Å². The minimum atomic E-state index is -0.193. The molecule has 0 spiro atoms. The van der Waals surface area contributed by atoms with Gasteiger partial charge in [-0.25, -0.2) is 0 Å². The van der Waals surface area contributed by atoms with Gasteiger partial charge in [-0.05, 0) is 30.0 Å². The molecule has 4 N–H and O–H groups in total. The minimum Gasteiger partial charge on any atom is -0.508 e. The summed E-state index contributed by atoms with van der Waals surface area (Å²) >= 11 is 1.48. The molecule has 0 saturated carbocycles. The molecule has 0 atom stereocenters. The van der Waals surface area contributed by atoms with Crippen LogP contribution < -0.4 is 11.1 Å². The van der Waals surface area contributed by atoms with Crippen molar-refractivity contribution in [2.75, 3.05) is 11.1 Å². The summed E-state index contributed by atoms with van der Waals surface area (Å²) in [5.41, 5.74) is 8.10. The molecule has 0 fully saturated rings. The van der Waals surface area contributed by atoms with Gasteiger partial charge in [-0.3, -0.25) is 4.79 Å². The summed E-state index contributed by atoms with van der Waals surface area (Å²) in [5.74, 6) is -0.117. The molecule has 0 radical (unpaired) electrons. The van der Waals surface area contributed by atoms with Gasteiger partial charge in [-0.15, -0.1) is 0 Å². The van der Waals surface area contributed by atoms with E-state index in [0.29, 0.717) is 16.9 Å². The molecule has 17 heavy (non-hydrogen) atoms.